The maximum atomic E-state index is 12.5. The molecular formula is C15H24N2O. The molecular weight excluding hydrogens is 224 g/mol. The normalized spacial score (nSPS) is 11.3. The van der Waals surface area contributed by atoms with Gasteiger partial charge in [-0.05, 0) is 32.9 Å². The summed E-state index contributed by atoms with van der Waals surface area (Å²) in [6.07, 6.45) is 0. The molecule has 0 aromatic heterocycles. The standard InChI is InChI=1S/C15H24N2O/c1-5-16-15(3,4)14(18)17(6-2)12-13-10-8-7-9-11-13/h7-11,16H,5-6,12H2,1-4H3. The van der Waals surface area contributed by atoms with Crippen LogP contribution in [0.2, 0.25) is 0 Å². The monoisotopic (exact) mass is 248 g/mol. The van der Waals surface area contributed by atoms with Crippen LogP contribution in [0, 0.1) is 0 Å². The summed E-state index contributed by atoms with van der Waals surface area (Å²) < 4.78 is 0. The maximum absolute atomic E-state index is 12.5. The first-order valence-corrected chi connectivity index (χ1v) is 6.59. The van der Waals surface area contributed by atoms with E-state index >= 15 is 0 Å². The molecule has 0 heterocycles. The molecule has 0 atom stereocenters. The van der Waals surface area contributed by atoms with Crippen LogP contribution in [0.15, 0.2) is 30.3 Å². The molecule has 3 nitrogen and oxygen atoms in total. The fourth-order valence-electron chi connectivity index (χ4n) is 2.04. The van der Waals surface area contributed by atoms with Gasteiger partial charge in [-0.1, -0.05) is 37.3 Å². The van der Waals surface area contributed by atoms with E-state index in [1.165, 1.54) is 5.56 Å². The highest BCUT2D eigenvalue weighted by Gasteiger charge is 2.30. The summed E-state index contributed by atoms with van der Waals surface area (Å²) in [5.74, 6) is 0.149. The van der Waals surface area contributed by atoms with E-state index in [2.05, 4.69) is 17.4 Å². The van der Waals surface area contributed by atoms with Crippen molar-refractivity contribution in [1.82, 2.24) is 10.2 Å². The summed E-state index contributed by atoms with van der Waals surface area (Å²) in [5.41, 5.74) is 0.666. The first-order chi connectivity index (χ1) is 8.51. The number of amides is 1. The first-order valence-electron chi connectivity index (χ1n) is 6.59. The van der Waals surface area contributed by atoms with E-state index in [0.29, 0.717) is 6.54 Å². The van der Waals surface area contributed by atoms with Crippen molar-refractivity contribution in [3.63, 3.8) is 0 Å². The van der Waals surface area contributed by atoms with Gasteiger partial charge in [0.2, 0.25) is 5.91 Å². The Kier molecular flexibility index (Phi) is 5.35. The van der Waals surface area contributed by atoms with Crippen LogP contribution in [0.1, 0.15) is 33.3 Å². The van der Waals surface area contributed by atoms with Crippen molar-refractivity contribution < 1.29 is 4.79 Å². The fourth-order valence-corrected chi connectivity index (χ4v) is 2.04. The predicted octanol–water partition coefficient (Wildman–Crippen LogP) is 2.42. The zero-order valence-corrected chi connectivity index (χ0v) is 11.9. The summed E-state index contributed by atoms with van der Waals surface area (Å²) in [6, 6.07) is 10.1. The number of hydrogen-bond donors (Lipinski definition) is 1. The Morgan fingerprint density at radius 2 is 1.83 bits per heavy atom. The Hall–Kier alpha value is -1.35. The Labute approximate surface area is 110 Å². The van der Waals surface area contributed by atoms with Gasteiger partial charge in [0.15, 0.2) is 0 Å². The molecule has 1 amide bonds. The SMILES string of the molecule is CCNC(C)(C)C(=O)N(CC)Cc1ccccc1. The van der Waals surface area contributed by atoms with Gasteiger partial charge >= 0.3 is 0 Å². The molecule has 0 saturated carbocycles. The molecule has 1 N–H and O–H groups in total. The summed E-state index contributed by atoms with van der Waals surface area (Å²) in [7, 11) is 0. The molecule has 0 aliphatic rings. The lowest BCUT2D eigenvalue weighted by Gasteiger charge is -2.32. The van der Waals surface area contributed by atoms with E-state index in [1.54, 1.807) is 0 Å². The molecule has 0 fully saturated rings. The van der Waals surface area contributed by atoms with Crippen molar-refractivity contribution in [1.29, 1.82) is 0 Å². The molecule has 0 saturated heterocycles. The third-order valence-electron chi connectivity index (χ3n) is 3.04. The van der Waals surface area contributed by atoms with Gasteiger partial charge in [-0.15, -0.1) is 0 Å². The largest absolute Gasteiger partial charge is 0.337 e. The van der Waals surface area contributed by atoms with E-state index in [-0.39, 0.29) is 5.91 Å². The smallest absolute Gasteiger partial charge is 0.242 e. The van der Waals surface area contributed by atoms with Crippen molar-refractivity contribution in [3.05, 3.63) is 35.9 Å². The van der Waals surface area contributed by atoms with Crippen molar-refractivity contribution in [2.45, 2.75) is 39.8 Å². The number of carbonyl (C=O) groups is 1. The maximum Gasteiger partial charge on any atom is 0.242 e. The lowest BCUT2D eigenvalue weighted by molar-refractivity contribution is -0.137. The Morgan fingerprint density at radius 1 is 1.22 bits per heavy atom. The van der Waals surface area contributed by atoms with Crippen LogP contribution in [-0.4, -0.2) is 29.4 Å². The van der Waals surface area contributed by atoms with Crippen LogP contribution in [0.4, 0.5) is 0 Å². The van der Waals surface area contributed by atoms with E-state index in [9.17, 15) is 4.79 Å². The van der Waals surface area contributed by atoms with Crippen molar-refractivity contribution in [2.24, 2.45) is 0 Å². The number of carbonyl (C=O) groups excluding carboxylic acids is 1. The third-order valence-corrected chi connectivity index (χ3v) is 3.04. The molecule has 18 heavy (non-hydrogen) atoms. The van der Waals surface area contributed by atoms with Crippen molar-refractivity contribution in [2.75, 3.05) is 13.1 Å². The van der Waals surface area contributed by atoms with Gasteiger partial charge in [0.05, 0.1) is 5.54 Å². The number of rotatable bonds is 6. The van der Waals surface area contributed by atoms with Gasteiger partial charge in [0, 0.05) is 13.1 Å². The molecule has 1 aromatic rings. The van der Waals surface area contributed by atoms with Crippen LogP contribution >= 0.6 is 0 Å². The van der Waals surface area contributed by atoms with Crippen molar-refractivity contribution in [3.8, 4) is 0 Å². The van der Waals surface area contributed by atoms with Gasteiger partial charge in [-0.25, -0.2) is 0 Å². The summed E-state index contributed by atoms with van der Waals surface area (Å²) in [5, 5.41) is 3.23. The number of nitrogens with one attached hydrogen (secondary N) is 1. The minimum Gasteiger partial charge on any atom is -0.337 e. The van der Waals surface area contributed by atoms with Gasteiger partial charge < -0.3 is 10.2 Å². The number of nitrogens with zero attached hydrogens (tertiary/aromatic N) is 1. The average Bonchev–Trinajstić information content (AvgIpc) is 2.36. The first kappa shape index (κ1) is 14.7. The van der Waals surface area contributed by atoms with E-state index in [1.807, 2.05) is 50.8 Å². The van der Waals surface area contributed by atoms with Gasteiger partial charge in [-0.2, -0.15) is 0 Å². The lowest BCUT2D eigenvalue weighted by atomic mass is 10.0. The second-order valence-electron chi connectivity index (χ2n) is 4.96. The lowest BCUT2D eigenvalue weighted by Crippen LogP contribution is -2.53. The van der Waals surface area contributed by atoms with Crippen LogP contribution < -0.4 is 5.32 Å². The summed E-state index contributed by atoms with van der Waals surface area (Å²) >= 11 is 0. The van der Waals surface area contributed by atoms with Gasteiger partial charge in [0.25, 0.3) is 0 Å². The zero-order valence-electron chi connectivity index (χ0n) is 11.9. The minimum absolute atomic E-state index is 0.149. The van der Waals surface area contributed by atoms with Crippen LogP contribution in [-0.2, 0) is 11.3 Å². The predicted molar refractivity (Wildman–Crippen MR) is 75.3 cm³/mol. The Morgan fingerprint density at radius 3 is 2.33 bits per heavy atom. The molecule has 3 heteroatoms. The number of hydrogen-bond acceptors (Lipinski definition) is 2. The molecule has 0 radical (unpaired) electrons. The molecule has 0 aliphatic carbocycles. The molecule has 0 unspecified atom stereocenters. The summed E-state index contributed by atoms with van der Waals surface area (Å²) in [4.78, 5) is 14.3. The Bertz CT molecular complexity index is 373. The summed E-state index contributed by atoms with van der Waals surface area (Å²) in [6.45, 7) is 10.1. The minimum atomic E-state index is -0.500. The highest BCUT2D eigenvalue weighted by Crippen LogP contribution is 2.12. The highest BCUT2D eigenvalue weighted by molar-refractivity contribution is 5.85. The molecule has 0 aliphatic heterocycles. The average molecular weight is 248 g/mol. The van der Waals surface area contributed by atoms with E-state index in [4.69, 9.17) is 0 Å². The second-order valence-corrected chi connectivity index (χ2v) is 4.96. The van der Waals surface area contributed by atoms with Gasteiger partial charge in [0.1, 0.15) is 0 Å². The quantitative estimate of drug-likeness (QED) is 0.838. The topological polar surface area (TPSA) is 32.3 Å². The van der Waals surface area contributed by atoms with Gasteiger partial charge in [-0.3, -0.25) is 4.79 Å². The fraction of sp³-hybridized carbons (Fsp3) is 0.533. The van der Waals surface area contributed by atoms with E-state index in [0.717, 1.165) is 13.1 Å². The molecule has 1 aromatic carbocycles. The highest BCUT2D eigenvalue weighted by atomic mass is 16.2. The van der Waals surface area contributed by atoms with Crippen LogP contribution in [0.25, 0.3) is 0 Å². The number of benzene rings is 1. The third kappa shape index (κ3) is 3.84. The second kappa shape index (κ2) is 6.55. The molecule has 0 bridgehead atoms. The van der Waals surface area contributed by atoms with E-state index < -0.39 is 5.54 Å². The van der Waals surface area contributed by atoms with Crippen LogP contribution in [0.5, 0.6) is 0 Å². The van der Waals surface area contributed by atoms with Crippen LogP contribution in [0.3, 0.4) is 0 Å². The molecule has 0 spiro atoms. The Balaban J connectivity index is 2.75. The zero-order chi connectivity index (χ0) is 13.6. The molecule has 1 rings (SSSR count). The molecule has 100 valence electrons. The number of likely N-dealkylation sites (N-methyl/N-ethyl adjacent to an activating group) is 2. The van der Waals surface area contributed by atoms with Crippen molar-refractivity contribution >= 4 is 5.91 Å².